The van der Waals surface area contributed by atoms with E-state index in [1.807, 2.05) is 41.7 Å². The number of hydrogen-bond donors (Lipinski definition) is 1. The summed E-state index contributed by atoms with van der Waals surface area (Å²) in [5.41, 5.74) is -0.594. The van der Waals surface area contributed by atoms with E-state index in [4.69, 9.17) is 9.47 Å². The van der Waals surface area contributed by atoms with E-state index in [9.17, 15) is 14.4 Å². The summed E-state index contributed by atoms with van der Waals surface area (Å²) < 4.78 is 11.3. The van der Waals surface area contributed by atoms with Crippen LogP contribution in [0.15, 0.2) is 0 Å². The summed E-state index contributed by atoms with van der Waals surface area (Å²) in [6.07, 6.45) is 3.62. The fourth-order valence-corrected chi connectivity index (χ4v) is 5.86. The van der Waals surface area contributed by atoms with Gasteiger partial charge >= 0.3 is 5.97 Å². The van der Waals surface area contributed by atoms with E-state index < -0.39 is 17.7 Å². The number of rotatable bonds is 11. The van der Waals surface area contributed by atoms with Crippen molar-refractivity contribution in [2.24, 2.45) is 17.8 Å². The smallest absolute Gasteiger partial charge is 0.309 e. The normalized spacial score (nSPS) is 25.7. The molecule has 0 aromatic rings. The van der Waals surface area contributed by atoms with Crippen LogP contribution in [-0.4, -0.2) is 84.7 Å². The number of nitrogens with zero attached hydrogens (tertiary/aromatic N) is 2. The van der Waals surface area contributed by atoms with Gasteiger partial charge in [-0.3, -0.25) is 19.3 Å². The van der Waals surface area contributed by atoms with Crippen molar-refractivity contribution in [1.29, 1.82) is 0 Å². The van der Waals surface area contributed by atoms with E-state index in [-0.39, 0.29) is 48.1 Å². The number of ether oxygens (including phenoxy) is 2. The van der Waals surface area contributed by atoms with Gasteiger partial charge in [0.05, 0.1) is 24.6 Å². The molecule has 0 radical (unpaired) electrons. The van der Waals surface area contributed by atoms with E-state index in [1.54, 1.807) is 19.1 Å². The third-order valence-corrected chi connectivity index (χ3v) is 7.90. The SMILES string of the molecule is CC[C@H](C)[C@@H]([C@@H](CC(=O)OC(C)(C)C)OC)N(C)C(=O)C(NC(=O)[C@@H]1[C@H]2CC[C@H](C2)N1C)C(C)C. The van der Waals surface area contributed by atoms with Crippen molar-refractivity contribution in [1.82, 2.24) is 15.1 Å². The summed E-state index contributed by atoms with van der Waals surface area (Å²) in [6.45, 7) is 13.5. The highest BCUT2D eigenvalue weighted by molar-refractivity contribution is 5.90. The highest BCUT2D eigenvalue weighted by Crippen LogP contribution is 2.41. The van der Waals surface area contributed by atoms with Gasteiger partial charge in [-0.05, 0) is 64.8 Å². The third-order valence-electron chi connectivity index (χ3n) is 7.90. The molecule has 8 heteroatoms. The molecule has 2 amide bonds. The van der Waals surface area contributed by atoms with E-state index in [0.29, 0.717) is 12.0 Å². The summed E-state index contributed by atoms with van der Waals surface area (Å²) in [4.78, 5) is 43.6. The lowest BCUT2D eigenvalue weighted by molar-refractivity contribution is -0.161. The van der Waals surface area contributed by atoms with E-state index in [2.05, 4.69) is 24.1 Å². The molecular formula is C27H49N3O5. The number of carbonyl (C=O) groups excluding carboxylic acids is 3. The predicted molar refractivity (Wildman–Crippen MR) is 137 cm³/mol. The van der Waals surface area contributed by atoms with Crippen molar-refractivity contribution in [3.63, 3.8) is 0 Å². The van der Waals surface area contributed by atoms with Crippen molar-refractivity contribution in [3.8, 4) is 0 Å². The molecule has 202 valence electrons. The van der Waals surface area contributed by atoms with Crippen LogP contribution in [0.3, 0.4) is 0 Å². The molecule has 2 fully saturated rings. The first kappa shape index (κ1) is 29.6. The number of carbonyl (C=O) groups is 3. The van der Waals surface area contributed by atoms with Gasteiger partial charge in [-0.1, -0.05) is 34.1 Å². The largest absolute Gasteiger partial charge is 0.460 e. The van der Waals surface area contributed by atoms with Crippen LogP contribution in [0.2, 0.25) is 0 Å². The van der Waals surface area contributed by atoms with Crippen LogP contribution in [-0.2, 0) is 23.9 Å². The second kappa shape index (κ2) is 12.0. The zero-order valence-corrected chi connectivity index (χ0v) is 23.6. The molecule has 8 nitrogen and oxygen atoms in total. The summed E-state index contributed by atoms with van der Waals surface area (Å²) in [5, 5.41) is 3.09. The molecule has 1 unspecified atom stereocenters. The number of methoxy groups -OCH3 is 1. The fraction of sp³-hybridized carbons (Fsp3) is 0.889. The monoisotopic (exact) mass is 495 g/mol. The highest BCUT2D eigenvalue weighted by atomic mass is 16.6. The Kier molecular flexibility index (Phi) is 10.2. The molecule has 2 rings (SSSR count). The van der Waals surface area contributed by atoms with Crippen molar-refractivity contribution in [3.05, 3.63) is 0 Å². The molecule has 0 spiro atoms. The molecule has 1 aliphatic heterocycles. The Balaban J connectivity index is 2.19. The van der Waals surface area contributed by atoms with Crippen LogP contribution in [0, 0.1) is 17.8 Å². The molecule has 1 heterocycles. The van der Waals surface area contributed by atoms with Crippen molar-refractivity contribution < 1.29 is 23.9 Å². The Bertz CT molecular complexity index is 748. The van der Waals surface area contributed by atoms with Gasteiger partial charge < -0.3 is 19.7 Å². The van der Waals surface area contributed by atoms with E-state index in [1.165, 1.54) is 0 Å². The summed E-state index contributed by atoms with van der Waals surface area (Å²) >= 11 is 0. The molecule has 1 N–H and O–H groups in total. The first-order valence-electron chi connectivity index (χ1n) is 13.2. The number of esters is 1. The number of piperidine rings is 1. The molecule has 0 aromatic carbocycles. The molecule has 35 heavy (non-hydrogen) atoms. The second-order valence-corrected chi connectivity index (χ2v) is 12.0. The minimum absolute atomic E-state index is 0.0506. The van der Waals surface area contributed by atoms with Gasteiger partial charge in [0.15, 0.2) is 0 Å². The van der Waals surface area contributed by atoms with E-state index >= 15 is 0 Å². The van der Waals surface area contributed by atoms with Crippen molar-refractivity contribution >= 4 is 17.8 Å². The lowest BCUT2D eigenvalue weighted by Gasteiger charge is -2.40. The van der Waals surface area contributed by atoms with Crippen LogP contribution in [0.4, 0.5) is 0 Å². The van der Waals surface area contributed by atoms with Gasteiger partial charge in [-0.15, -0.1) is 0 Å². The lowest BCUT2D eigenvalue weighted by Crippen LogP contribution is -2.59. The van der Waals surface area contributed by atoms with Crippen LogP contribution in [0.1, 0.15) is 80.6 Å². The number of likely N-dealkylation sites (N-methyl/N-ethyl adjacent to an activating group) is 2. The Morgan fingerprint density at radius 1 is 1.14 bits per heavy atom. The second-order valence-electron chi connectivity index (χ2n) is 12.0. The van der Waals surface area contributed by atoms with Crippen LogP contribution >= 0.6 is 0 Å². The molecule has 1 saturated heterocycles. The van der Waals surface area contributed by atoms with Gasteiger partial charge in [0, 0.05) is 20.2 Å². The number of likely N-dealkylation sites (tertiary alicyclic amines) is 1. The summed E-state index contributed by atoms with van der Waals surface area (Å²) in [6, 6.07) is -0.687. The van der Waals surface area contributed by atoms with Crippen LogP contribution in [0.5, 0.6) is 0 Å². The number of fused-ring (bicyclic) bond motifs is 2. The molecular weight excluding hydrogens is 446 g/mol. The topological polar surface area (TPSA) is 88.2 Å². The minimum Gasteiger partial charge on any atom is -0.460 e. The Hall–Kier alpha value is -1.67. The first-order valence-corrected chi connectivity index (χ1v) is 13.2. The maximum absolute atomic E-state index is 13.8. The van der Waals surface area contributed by atoms with Gasteiger partial charge in [0.2, 0.25) is 11.8 Å². The third kappa shape index (κ3) is 7.19. The first-order chi connectivity index (χ1) is 16.2. The number of nitrogens with one attached hydrogen (secondary N) is 1. The van der Waals surface area contributed by atoms with E-state index in [0.717, 1.165) is 25.7 Å². The maximum atomic E-state index is 13.8. The number of hydrogen-bond acceptors (Lipinski definition) is 6. The van der Waals surface area contributed by atoms with Crippen LogP contribution < -0.4 is 5.32 Å². The average Bonchev–Trinajstić information content (AvgIpc) is 3.35. The molecule has 7 atom stereocenters. The quantitative estimate of drug-likeness (QED) is 0.443. The molecule has 2 bridgehead atoms. The standard InChI is InChI=1S/C27H49N3O5/c1-11-17(4)23(20(34-10)15-21(31)35-27(5,6)7)30(9)26(33)22(16(2)3)28-25(32)24-18-12-13-19(14-18)29(24)8/h16-20,22-24H,11-15H2,1-10H3,(H,28,32)/t17-,18-,19+,20+,22?,23-,24-/m0/s1. The van der Waals surface area contributed by atoms with Gasteiger partial charge in [-0.25, -0.2) is 0 Å². The lowest BCUT2D eigenvalue weighted by atomic mass is 9.89. The van der Waals surface area contributed by atoms with Crippen molar-refractivity contribution in [2.45, 2.75) is 116 Å². The Morgan fingerprint density at radius 2 is 1.77 bits per heavy atom. The van der Waals surface area contributed by atoms with Gasteiger partial charge in [0.1, 0.15) is 11.6 Å². The van der Waals surface area contributed by atoms with Gasteiger partial charge in [-0.2, -0.15) is 0 Å². The minimum atomic E-state index is -0.648. The van der Waals surface area contributed by atoms with Crippen LogP contribution in [0.25, 0.3) is 0 Å². The molecule has 1 saturated carbocycles. The van der Waals surface area contributed by atoms with Gasteiger partial charge in [0.25, 0.3) is 0 Å². The average molecular weight is 496 g/mol. The highest BCUT2D eigenvalue weighted by Gasteiger charge is 2.48. The number of amides is 2. The van der Waals surface area contributed by atoms with Crippen molar-refractivity contribution in [2.75, 3.05) is 21.2 Å². The summed E-state index contributed by atoms with van der Waals surface area (Å²) in [7, 11) is 5.34. The fourth-order valence-electron chi connectivity index (χ4n) is 5.86. The Labute approximate surface area is 212 Å². The maximum Gasteiger partial charge on any atom is 0.309 e. The molecule has 2 aliphatic rings. The Morgan fingerprint density at radius 3 is 2.23 bits per heavy atom. The summed E-state index contributed by atoms with van der Waals surface area (Å²) in [5.74, 6) is -0.205. The zero-order valence-electron chi connectivity index (χ0n) is 23.6. The molecule has 1 aliphatic carbocycles. The zero-order chi connectivity index (χ0) is 26.7. The molecule has 0 aromatic heterocycles. The predicted octanol–water partition coefficient (Wildman–Crippen LogP) is 3.23.